The molecule has 18 heavy (non-hydrogen) atoms. The molecule has 3 N–H and O–H groups in total. The number of aromatic amines is 1. The highest BCUT2D eigenvalue weighted by molar-refractivity contribution is 5.73. The minimum Gasteiger partial charge on any atom is -0.394 e. The van der Waals surface area contributed by atoms with Crippen LogP contribution in [0.2, 0.25) is 0 Å². The summed E-state index contributed by atoms with van der Waals surface area (Å²) in [7, 11) is 0. The van der Waals surface area contributed by atoms with Gasteiger partial charge in [0, 0.05) is 24.2 Å². The molecule has 7 heteroatoms. The van der Waals surface area contributed by atoms with Gasteiger partial charge in [0.1, 0.15) is 18.0 Å². The largest absolute Gasteiger partial charge is 0.394 e. The van der Waals surface area contributed by atoms with Gasteiger partial charge in [0.2, 0.25) is 0 Å². The summed E-state index contributed by atoms with van der Waals surface area (Å²) in [5, 5.41) is 19.5. The zero-order valence-electron chi connectivity index (χ0n) is 9.48. The van der Waals surface area contributed by atoms with Gasteiger partial charge in [0.05, 0.1) is 12.7 Å². The summed E-state index contributed by atoms with van der Waals surface area (Å²) in [6.45, 7) is -0.272. The van der Waals surface area contributed by atoms with E-state index in [1.165, 1.54) is 4.57 Å². The molecule has 1 saturated heterocycles. The number of nitrogens with zero attached hydrogens (tertiary/aromatic N) is 2. The van der Waals surface area contributed by atoms with Crippen molar-refractivity contribution in [2.75, 3.05) is 6.61 Å². The zero-order valence-corrected chi connectivity index (χ0v) is 9.48. The third kappa shape index (κ3) is 1.72. The molecule has 2 aromatic rings. The van der Waals surface area contributed by atoms with E-state index >= 15 is 0 Å². The zero-order chi connectivity index (χ0) is 12.7. The van der Waals surface area contributed by atoms with E-state index in [0.717, 1.165) is 5.39 Å². The van der Waals surface area contributed by atoms with E-state index in [2.05, 4.69) is 9.97 Å². The van der Waals surface area contributed by atoms with E-state index < -0.39 is 24.1 Å². The second kappa shape index (κ2) is 4.20. The van der Waals surface area contributed by atoms with E-state index in [4.69, 9.17) is 9.84 Å². The van der Waals surface area contributed by atoms with Crippen LogP contribution >= 0.6 is 0 Å². The lowest BCUT2D eigenvalue weighted by molar-refractivity contribution is -0.0457. The van der Waals surface area contributed by atoms with Crippen LogP contribution in [0.1, 0.15) is 12.6 Å². The fourth-order valence-corrected chi connectivity index (χ4v) is 2.19. The Bertz CT molecular complexity index is 620. The number of rotatable bonds is 2. The van der Waals surface area contributed by atoms with Crippen molar-refractivity contribution in [1.82, 2.24) is 14.5 Å². The van der Waals surface area contributed by atoms with Gasteiger partial charge in [-0.15, -0.1) is 0 Å². The molecule has 1 fully saturated rings. The van der Waals surface area contributed by atoms with Crippen molar-refractivity contribution in [3.05, 3.63) is 28.9 Å². The summed E-state index contributed by atoms with van der Waals surface area (Å²) in [5.41, 5.74) is 0.0780. The Morgan fingerprint density at radius 2 is 2.44 bits per heavy atom. The topological polar surface area (TPSA) is 100 Å². The fourth-order valence-electron chi connectivity index (χ4n) is 2.19. The first kappa shape index (κ1) is 11.4. The maximum atomic E-state index is 11.8. The third-order valence-corrected chi connectivity index (χ3v) is 3.16. The molecule has 0 saturated carbocycles. The normalized spacial score (nSPS) is 28.0. The van der Waals surface area contributed by atoms with Crippen molar-refractivity contribution in [3.63, 3.8) is 0 Å². The van der Waals surface area contributed by atoms with Gasteiger partial charge in [-0.1, -0.05) is 0 Å². The standard InChI is InChI=1S/C11H13N3O4/c15-5-8-7(16)3-9(18-8)14-4-6-1-2-12-10(6)13-11(14)17/h1-2,4,7-9,15-16H,3,5H2,(H,12,13,17). The highest BCUT2D eigenvalue weighted by atomic mass is 16.5. The predicted molar refractivity (Wildman–Crippen MR) is 62.0 cm³/mol. The highest BCUT2D eigenvalue weighted by Crippen LogP contribution is 2.27. The van der Waals surface area contributed by atoms with Crippen LogP contribution in [0.3, 0.4) is 0 Å². The van der Waals surface area contributed by atoms with E-state index in [1.807, 2.05) is 0 Å². The number of aromatic nitrogens is 3. The first-order chi connectivity index (χ1) is 8.69. The molecule has 0 spiro atoms. The number of hydrogen-bond donors (Lipinski definition) is 3. The SMILES string of the molecule is O=c1nc2[nH]ccc2cn1C1CC(O)C(CO)O1. The molecule has 0 radical (unpaired) electrons. The van der Waals surface area contributed by atoms with Crippen LogP contribution in [-0.4, -0.2) is 43.6 Å². The number of hydrogen-bond acceptors (Lipinski definition) is 5. The van der Waals surface area contributed by atoms with Crippen LogP contribution in [0, 0.1) is 0 Å². The number of aliphatic hydroxyl groups is 2. The molecule has 0 amide bonds. The first-order valence-corrected chi connectivity index (χ1v) is 5.69. The summed E-state index contributed by atoms with van der Waals surface area (Å²) >= 11 is 0. The molecular formula is C11H13N3O4. The van der Waals surface area contributed by atoms with Gasteiger partial charge in [-0.25, -0.2) is 4.79 Å². The van der Waals surface area contributed by atoms with Gasteiger partial charge >= 0.3 is 5.69 Å². The molecule has 96 valence electrons. The van der Waals surface area contributed by atoms with Crippen LogP contribution in [0.15, 0.2) is 23.3 Å². The van der Waals surface area contributed by atoms with E-state index in [-0.39, 0.29) is 13.0 Å². The number of fused-ring (bicyclic) bond motifs is 1. The number of aliphatic hydroxyl groups excluding tert-OH is 2. The number of ether oxygens (including phenoxy) is 1. The van der Waals surface area contributed by atoms with Crippen molar-refractivity contribution in [2.45, 2.75) is 24.9 Å². The van der Waals surface area contributed by atoms with E-state index in [1.54, 1.807) is 18.5 Å². The van der Waals surface area contributed by atoms with Gasteiger partial charge in [-0.05, 0) is 6.07 Å². The van der Waals surface area contributed by atoms with Crippen molar-refractivity contribution in [2.24, 2.45) is 0 Å². The molecule has 3 rings (SSSR count). The second-order valence-corrected chi connectivity index (χ2v) is 4.33. The maximum absolute atomic E-state index is 11.8. The van der Waals surface area contributed by atoms with Gasteiger partial charge < -0.3 is 19.9 Å². The number of H-pyrrole nitrogens is 1. The Hall–Kier alpha value is -1.70. The summed E-state index contributed by atoms with van der Waals surface area (Å²) in [6, 6.07) is 1.80. The number of nitrogens with one attached hydrogen (secondary N) is 1. The molecule has 7 nitrogen and oxygen atoms in total. The summed E-state index contributed by atoms with van der Waals surface area (Å²) in [6.07, 6.45) is 1.60. The summed E-state index contributed by atoms with van der Waals surface area (Å²) in [4.78, 5) is 18.6. The lowest BCUT2D eigenvalue weighted by Crippen LogP contribution is -2.27. The van der Waals surface area contributed by atoms with Gasteiger partial charge in [0.25, 0.3) is 0 Å². The quantitative estimate of drug-likeness (QED) is 0.659. The Kier molecular flexibility index (Phi) is 2.66. The lowest BCUT2D eigenvalue weighted by Gasteiger charge is -2.14. The van der Waals surface area contributed by atoms with Crippen molar-refractivity contribution in [3.8, 4) is 0 Å². The Morgan fingerprint density at radius 1 is 1.61 bits per heavy atom. The molecule has 3 atom stereocenters. The average molecular weight is 251 g/mol. The molecule has 3 heterocycles. The molecule has 3 unspecified atom stereocenters. The fraction of sp³-hybridized carbons (Fsp3) is 0.455. The molecule has 0 aliphatic carbocycles. The molecular weight excluding hydrogens is 238 g/mol. The Labute approximate surface area is 102 Å². The minimum atomic E-state index is -0.770. The van der Waals surface area contributed by atoms with Gasteiger partial charge in [-0.2, -0.15) is 4.98 Å². The minimum absolute atomic E-state index is 0.267. The van der Waals surface area contributed by atoms with Gasteiger partial charge in [0.15, 0.2) is 0 Å². The summed E-state index contributed by atoms with van der Waals surface area (Å²) < 4.78 is 6.77. The van der Waals surface area contributed by atoms with Gasteiger partial charge in [-0.3, -0.25) is 4.57 Å². The third-order valence-electron chi connectivity index (χ3n) is 3.16. The predicted octanol–water partition coefficient (Wildman–Crippen LogP) is -0.635. The molecule has 1 aliphatic heterocycles. The van der Waals surface area contributed by atoms with E-state index in [9.17, 15) is 9.90 Å². The summed E-state index contributed by atoms with van der Waals surface area (Å²) in [5.74, 6) is 0. The van der Waals surface area contributed by atoms with Crippen LogP contribution in [0.5, 0.6) is 0 Å². The molecule has 0 aromatic carbocycles. The van der Waals surface area contributed by atoms with Crippen molar-refractivity contribution in [1.29, 1.82) is 0 Å². The van der Waals surface area contributed by atoms with Crippen molar-refractivity contribution < 1.29 is 14.9 Å². The van der Waals surface area contributed by atoms with Crippen LogP contribution < -0.4 is 5.69 Å². The van der Waals surface area contributed by atoms with Crippen LogP contribution in [0.4, 0.5) is 0 Å². The Balaban J connectivity index is 1.99. The Morgan fingerprint density at radius 3 is 3.17 bits per heavy atom. The monoisotopic (exact) mass is 251 g/mol. The second-order valence-electron chi connectivity index (χ2n) is 4.33. The van der Waals surface area contributed by atoms with Crippen molar-refractivity contribution >= 4 is 11.0 Å². The maximum Gasteiger partial charge on any atom is 0.351 e. The smallest absolute Gasteiger partial charge is 0.351 e. The molecule has 1 aliphatic rings. The van der Waals surface area contributed by atoms with Crippen LogP contribution in [0.25, 0.3) is 11.0 Å². The molecule has 2 aromatic heterocycles. The first-order valence-electron chi connectivity index (χ1n) is 5.69. The highest BCUT2D eigenvalue weighted by Gasteiger charge is 2.35. The average Bonchev–Trinajstić information content (AvgIpc) is 2.93. The van der Waals surface area contributed by atoms with Crippen LogP contribution in [-0.2, 0) is 4.74 Å². The lowest BCUT2D eigenvalue weighted by atomic mass is 10.2. The van der Waals surface area contributed by atoms with E-state index in [0.29, 0.717) is 5.65 Å². The molecule has 0 bridgehead atoms.